The van der Waals surface area contributed by atoms with E-state index in [0.717, 1.165) is 24.8 Å². The van der Waals surface area contributed by atoms with Gasteiger partial charge in [-0.2, -0.15) is 0 Å². The number of carbonyl (C=O) groups is 2. The van der Waals surface area contributed by atoms with Gasteiger partial charge in [0.25, 0.3) is 5.91 Å². The van der Waals surface area contributed by atoms with E-state index in [-0.39, 0.29) is 47.7 Å². The minimum absolute atomic E-state index is 0.00424. The van der Waals surface area contributed by atoms with Crippen molar-refractivity contribution in [3.05, 3.63) is 58.4 Å². The van der Waals surface area contributed by atoms with Crippen molar-refractivity contribution >= 4 is 23.3 Å². The molecule has 6 rings (SSSR count). The minimum atomic E-state index is -0.572. The molecule has 2 bridgehead atoms. The number of Topliss-reactive ketones (excluding diaryl/α,β-unsaturated/α-hetero) is 1. The van der Waals surface area contributed by atoms with Crippen molar-refractivity contribution in [2.45, 2.75) is 56.7 Å². The van der Waals surface area contributed by atoms with Gasteiger partial charge in [-0.15, -0.1) is 0 Å². The van der Waals surface area contributed by atoms with Crippen molar-refractivity contribution in [2.75, 3.05) is 19.8 Å². The van der Waals surface area contributed by atoms with Crippen molar-refractivity contribution < 1.29 is 28.6 Å². The van der Waals surface area contributed by atoms with Crippen molar-refractivity contribution in [3.8, 4) is 11.5 Å². The quantitative estimate of drug-likeness (QED) is 0.446. The highest BCUT2D eigenvalue weighted by atomic mass is 35.5. The number of aliphatic hydroxyl groups is 1. The highest BCUT2D eigenvalue weighted by Gasteiger charge is 2.68. The molecule has 0 aromatic heterocycles. The molecule has 3 aliphatic carbocycles. The van der Waals surface area contributed by atoms with Crippen LogP contribution in [0.4, 0.5) is 4.39 Å². The second-order valence-electron chi connectivity index (χ2n) is 10.5. The summed E-state index contributed by atoms with van der Waals surface area (Å²) in [7, 11) is 0. The van der Waals surface area contributed by atoms with Gasteiger partial charge in [-0.05, 0) is 61.4 Å². The lowest BCUT2D eigenvalue weighted by molar-refractivity contribution is -0.175. The van der Waals surface area contributed by atoms with Crippen LogP contribution in [-0.2, 0) is 9.59 Å². The van der Waals surface area contributed by atoms with Crippen LogP contribution in [0.2, 0.25) is 5.02 Å². The lowest BCUT2D eigenvalue weighted by Gasteiger charge is -2.70. The Bertz CT molecular complexity index is 1170. The number of nitrogens with one attached hydrogen (secondary N) is 2. The van der Waals surface area contributed by atoms with Gasteiger partial charge in [-0.1, -0.05) is 17.7 Å². The van der Waals surface area contributed by atoms with E-state index in [9.17, 15) is 19.1 Å². The number of ketones is 1. The summed E-state index contributed by atoms with van der Waals surface area (Å²) >= 11 is 6.15. The molecule has 9 heteroatoms. The fraction of sp³-hybridized carbons (Fsp3) is 0.481. The largest absolute Gasteiger partial charge is 0.484 e. The SMILES string of the molecule is Cc1ccc(OCC(=O)NC23CC(CC(=O)[C@H]4C[C@H](NCCO)c5cc(Cl)ccc5O4)(C2)C3)cc1F. The Morgan fingerprint density at radius 2 is 2.00 bits per heavy atom. The van der Waals surface area contributed by atoms with E-state index in [4.69, 9.17) is 21.1 Å². The predicted molar refractivity (Wildman–Crippen MR) is 132 cm³/mol. The Morgan fingerprint density at radius 3 is 2.72 bits per heavy atom. The molecule has 192 valence electrons. The normalized spacial score (nSPS) is 27.7. The number of ether oxygens (including phenoxy) is 2. The lowest BCUT2D eigenvalue weighted by Crippen LogP contribution is -2.75. The van der Waals surface area contributed by atoms with E-state index in [2.05, 4.69) is 10.6 Å². The van der Waals surface area contributed by atoms with E-state index < -0.39 is 6.10 Å². The molecule has 0 unspecified atom stereocenters. The number of carbonyl (C=O) groups excluding carboxylic acids is 2. The van der Waals surface area contributed by atoms with Gasteiger partial charge >= 0.3 is 0 Å². The molecule has 0 spiro atoms. The second kappa shape index (κ2) is 9.65. The Kier molecular flexibility index (Phi) is 6.70. The standard InChI is InChI=1S/C27H30ClFN2O5/c1-16-2-4-18(9-20(16)29)35-12-25(34)31-27-13-26(14-27,15-27)11-22(33)24-10-21(30-6-7-32)19-8-17(28)3-5-23(19)36-24/h2-5,8-9,21,24,30,32H,6-7,10-15H2,1H3,(H,31,34)/t21-,24+,26?,27?/m0/s1. The van der Waals surface area contributed by atoms with E-state index in [1.165, 1.54) is 6.07 Å². The number of aliphatic hydroxyl groups excluding tert-OH is 1. The molecule has 1 amide bonds. The van der Waals surface area contributed by atoms with Crippen LogP contribution in [0.5, 0.6) is 11.5 Å². The number of benzene rings is 2. The molecule has 2 atom stereocenters. The zero-order valence-corrected chi connectivity index (χ0v) is 20.9. The van der Waals surface area contributed by atoms with Crippen LogP contribution in [0, 0.1) is 18.2 Å². The Hall–Kier alpha value is -2.68. The van der Waals surface area contributed by atoms with Gasteiger partial charge in [-0.3, -0.25) is 9.59 Å². The fourth-order valence-corrected chi connectivity index (χ4v) is 6.20. The molecule has 3 fully saturated rings. The monoisotopic (exact) mass is 516 g/mol. The zero-order chi connectivity index (χ0) is 25.5. The number of hydrogen-bond acceptors (Lipinski definition) is 6. The molecule has 3 N–H and O–H groups in total. The first-order chi connectivity index (χ1) is 17.2. The van der Waals surface area contributed by atoms with Crippen LogP contribution in [0.3, 0.4) is 0 Å². The van der Waals surface area contributed by atoms with Gasteiger partial charge < -0.3 is 25.2 Å². The van der Waals surface area contributed by atoms with Gasteiger partial charge in [0.05, 0.1) is 6.61 Å². The van der Waals surface area contributed by atoms with Gasteiger partial charge in [0, 0.05) is 47.6 Å². The molecule has 1 heterocycles. The third-order valence-electron chi connectivity index (χ3n) is 7.54. The summed E-state index contributed by atoms with van der Waals surface area (Å²) in [5.74, 6) is 0.379. The van der Waals surface area contributed by atoms with E-state index >= 15 is 0 Å². The molecular weight excluding hydrogens is 487 g/mol. The summed E-state index contributed by atoms with van der Waals surface area (Å²) in [5.41, 5.74) is 1.04. The van der Waals surface area contributed by atoms with Crippen LogP contribution in [-0.4, -0.2) is 48.2 Å². The summed E-state index contributed by atoms with van der Waals surface area (Å²) in [6.07, 6.45) is 2.56. The smallest absolute Gasteiger partial charge is 0.258 e. The lowest BCUT2D eigenvalue weighted by atomic mass is 9.38. The minimum Gasteiger partial charge on any atom is -0.484 e. The Balaban J connectivity index is 1.12. The molecule has 3 saturated carbocycles. The van der Waals surface area contributed by atoms with E-state index in [0.29, 0.717) is 41.5 Å². The fourth-order valence-electron chi connectivity index (χ4n) is 6.02. The zero-order valence-electron chi connectivity index (χ0n) is 20.1. The van der Waals surface area contributed by atoms with Crippen LogP contribution in [0.25, 0.3) is 0 Å². The third kappa shape index (κ3) is 4.94. The first-order valence-corrected chi connectivity index (χ1v) is 12.6. The number of aryl methyl sites for hydroxylation is 1. The average Bonchev–Trinajstić information content (AvgIpc) is 2.81. The van der Waals surface area contributed by atoms with Gasteiger partial charge in [0.2, 0.25) is 0 Å². The van der Waals surface area contributed by atoms with Crippen LogP contribution < -0.4 is 20.1 Å². The molecule has 0 saturated heterocycles. The second-order valence-corrected chi connectivity index (χ2v) is 10.9. The van der Waals surface area contributed by atoms with E-state index in [1.54, 1.807) is 31.2 Å². The number of amides is 1. The first-order valence-electron chi connectivity index (χ1n) is 12.2. The van der Waals surface area contributed by atoms with Crippen molar-refractivity contribution in [3.63, 3.8) is 0 Å². The third-order valence-corrected chi connectivity index (χ3v) is 7.77. The molecule has 1 aliphatic heterocycles. The number of halogens is 2. The number of hydrogen-bond donors (Lipinski definition) is 3. The number of fused-ring (bicyclic) bond motifs is 1. The highest BCUT2D eigenvalue weighted by Crippen LogP contribution is 2.69. The van der Waals surface area contributed by atoms with E-state index in [1.807, 2.05) is 6.07 Å². The summed E-state index contributed by atoms with van der Waals surface area (Å²) in [5, 5.41) is 16.1. The van der Waals surface area contributed by atoms with Gasteiger partial charge in [0.15, 0.2) is 18.5 Å². The molecule has 4 aliphatic rings. The Morgan fingerprint density at radius 1 is 1.22 bits per heavy atom. The van der Waals surface area contributed by atoms with Crippen molar-refractivity contribution in [1.82, 2.24) is 10.6 Å². The first kappa shape index (κ1) is 25.0. The molecular formula is C27H30ClFN2O5. The highest BCUT2D eigenvalue weighted by molar-refractivity contribution is 6.30. The van der Waals surface area contributed by atoms with Crippen molar-refractivity contribution in [2.24, 2.45) is 5.41 Å². The molecule has 7 nitrogen and oxygen atoms in total. The van der Waals surface area contributed by atoms with Gasteiger partial charge in [-0.25, -0.2) is 4.39 Å². The van der Waals surface area contributed by atoms with Crippen LogP contribution in [0.15, 0.2) is 36.4 Å². The average molecular weight is 517 g/mol. The molecule has 36 heavy (non-hydrogen) atoms. The topological polar surface area (TPSA) is 96.9 Å². The summed E-state index contributed by atoms with van der Waals surface area (Å²) in [4.78, 5) is 25.6. The maximum absolute atomic E-state index is 13.7. The Labute approximate surface area is 214 Å². The number of rotatable bonds is 10. The van der Waals surface area contributed by atoms with Crippen LogP contribution >= 0.6 is 11.6 Å². The van der Waals surface area contributed by atoms with Gasteiger partial charge in [0.1, 0.15) is 17.3 Å². The molecule has 2 aromatic rings. The summed E-state index contributed by atoms with van der Waals surface area (Å²) in [6, 6.07) is 9.74. The molecule has 0 radical (unpaired) electrons. The maximum atomic E-state index is 13.7. The van der Waals surface area contributed by atoms with Crippen LogP contribution in [0.1, 0.15) is 49.3 Å². The summed E-state index contributed by atoms with van der Waals surface area (Å²) < 4.78 is 25.1. The summed E-state index contributed by atoms with van der Waals surface area (Å²) in [6.45, 7) is 1.89. The predicted octanol–water partition coefficient (Wildman–Crippen LogP) is 3.64. The molecule has 2 aromatic carbocycles. The van der Waals surface area contributed by atoms with Crippen molar-refractivity contribution in [1.29, 1.82) is 0 Å². The maximum Gasteiger partial charge on any atom is 0.258 e.